The first kappa shape index (κ1) is 23.8. The summed E-state index contributed by atoms with van der Waals surface area (Å²) in [6, 6.07) is 11.8. The predicted octanol–water partition coefficient (Wildman–Crippen LogP) is 4.90. The number of nitrogens with one attached hydrogen (secondary N) is 1. The molecule has 0 atom stereocenters. The van der Waals surface area contributed by atoms with Crippen LogP contribution in [0, 0.1) is 0 Å². The highest BCUT2D eigenvalue weighted by molar-refractivity contribution is 6.08. The van der Waals surface area contributed by atoms with Crippen LogP contribution in [0.5, 0.6) is 11.5 Å². The quantitative estimate of drug-likeness (QED) is 0.417. The number of hydrogen-bond acceptors (Lipinski definition) is 6. The predicted molar refractivity (Wildman–Crippen MR) is 136 cm³/mol. The Kier molecular flexibility index (Phi) is 7.85. The van der Waals surface area contributed by atoms with Crippen molar-refractivity contribution in [3.05, 3.63) is 53.7 Å². The molecular weight excluding hydrogens is 428 g/mol. The van der Waals surface area contributed by atoms with E-state index in [9.17, 15) is 4.79 Å². The molecule has 1 aliphatic rings. The smallest absolute Gasteiger partial charge is 0.252 e. The SMILES string of the molecule is CCc1ccccc1Nc1c(C(N)=O)cnc2cc(OCCCN3CCCCC3)c(OC)cc12. The topological polar surface area (TPSA) is 89.7 Å². The fraction of sp³-hybridized carbons (Fsp3) is 0.407. The van der Waals surface area contributed by atoms with E-state index in [0.717, 1.165) is 36.0 Å². The van der Waals surface area contributed by atoms with Crippen molar-refractivity contribution in [2.75, 3.05) is 38.7 Å². The third-order valence-corrected chi connectivity index (χ3v) is 6.40. The number of carbonyl (C=O) groups excluding carboxylic acids is 1. The Morgan fingerprint density at radius 1 is 1.15 bits per heavy atom. The van der Waals surface area contributed by atoms with Crippen molar-refractivity contribution in [1.82, 2.24) is 9.88 Å². The molecule has 1 fully saturated rings. The molecule has 0 bridgehead atoms. The van der Waals surface area contributed by atoms with E-state index in [2.05, 4.69) is 28.2 Å². The molecule has 2 heterocycles. The summed E-state index contributed by atoms with van der Waals surface area (Å²) in [4.78, 5) is 19.2. The zero-order valence-corrected chi connectivity index (χ0v) is 20.1. The Balaban J connectivity index is 1.61. The molecule has 1 aromatic heterocycles. The number of aryl methyl sites for hydroxylation is 1. The third-order valence-electron chi connectivity index (χ3n) is 6.40. The second-order valence-corrected chi connectivity index (χ2v) is 8.67. The zero-order valence-electron chi connectivity index (χ0n) is 20.1. The number of rotatable bonds is 10. The fourth-order valence-corrected chi connectivity index (χ4v) is 4.53. The summed E-state index contributed by atoms with van der Waals surface area (Å²) in [6.07, 6.45) is 7.25. The maximum atomic E-state index is 12.2. The first-order valence-electron chi connectivity index (χ1n) is 12.1. The van der Waals surface area contributed by atoms with Crippen molar-refractivity contribution in [3.8, 4) is 11.5 Å². The van der Waals surface area contributed by atoms with Gasteiger partial charge in [0.15, 0.2) is 11.5 Å². The van der Waals surface area contributed by atoms with Crippen LogP contribution >= 0.6 is 0 Å². The van der Waals surface area contributed by atoms with E-state index >= 15 is 0 Å². The number of benzene rings is 2. The number of likely N-dealkylation sites (tertiary alicyclic amines) is 1. The number of para-hydroxylation sites is 1. The molecule has 0 saturated carbocycles. The number of nitrogens with zero attached hydrogens (tertiary/aromatic N) is 2. The number of amides is 1. The molecular formula is C27H34N4O3. The molecule has 1 aliphatic heterocycles. The summed E-state index contributed by atoms with van der Waals surface area (Å²) in [5, 5.41) is 4.18. The van der Waals surface area contributed by atoms with Crippen molar-refractivity contribution >= 4 is 28.2 Å². The van der Waals surface area contributed by atoms with Gasteiger partial charge in [0.05, 0.1) is 30.5 Å². The number of aromatic nitrogens is 1. The summed E-state index contributed by atoms with van der Waals surface area (Å²) in [5.41, 5.74) is 9.41. The van der Waals surface area contributed by atoms with Gasteiger partial charge in [0, 0.05) is 29.9 Å². The fourth-order valence-electron chi connectivity index (χ4n) is 4.53. The zero-order chi connectivity index (χ0) is 23.9. The number of hydrogen-bond donors (Lipinski definition) is 2. The van der Waals surface area contributed by atoms with Crippen LogP contribution in [0.2, 0.25) is 0 Å². The van der Waals surface area contributed by atoms with E-state index in [1.54, 1.807) is 7.11 Å². The van der Waals surface area contributed by atoms with Crippen molar-refractivity contribution < 1.29 is 14.3 Å². The van der Waals surface area contributed by atoms with Crippen LogP contribution in [0.3, 0.4) is 0 Å². The maximum Gasteiger partial charge on any atom is 0.252 e. The van der Waals surface area contributed by atoms with Crippen molar-refractivity contribution in [3.63, 3.8) is 0 Å². The minimum atomic E-state index is -0.539. The van der Waals surface area contributed by atoms with Gasteiger partial charge in [-0.25, -0.2) is 0 Å². The van der Waals surface area contributed by atoms with Crippen LogP contribution in [0.4, 0.5) is 11.4 Å². The number of piperidine rings is 1. The number of carbonyl (C=O) groups is 1. The third kappa shape index (κ3) is 5.42. The standard InChI is InChI=1S/C27H34N4O3/c1-3-19-10-5-6-11-22(19)30-26-20-16-24(33-2)25(17-23(20)29-18-21(26)27(28)32)34-15-9-14-31-12-7-4-8-13-31/h5-6,10-11,16-18H,3-4,7-9,12-15H2,1-2H3,(H2,28,32)(H,29,30). The lowest BCUT2D eigenvalue weighted by atomic mass is 10.1. The molecule has 1 amide bonds. The van der Waals surface area contributed by atoms with Crippen LogP contribution in [0.25, 0.3) is 10.9 Å². The highest BCUT2D eigenvalue weighted by Gasteiger charge is 2.18. The highest BCUT2D eigenvalue weighted by atomic mass is 16.5. The number of ether oxygens (including phenoxy) is 2. The summed E-state index contributed by atoms with van der Waals surface area (Å²) >= 11 is 0. The largest absolute Gasteiger partial charge is 0.493 e. The lowest BCUT2D eigenvalue weighted by molar-refractivity contribution is 0.100. The summed E-state index contributed by atoms with van der Waals surface area (Å²) < 4.78 is 11.7. The maximum absolute atomic E-state index is 12.2. The number of methoxy groups -OCH3 is 1. The molecule has 7 heteroatoms. The van der Waals surface area contributed by atoms with E-state index < -0.39 is 5.91 Å². The van der Waals surface area contributed by atoms with Gasteiger partial charge in [-0.1, -0.05) is 31.5 Å². The van der Waals surface area contributed by atoms with Crippen LogP contribution in [0.15, 0.2) is 42.6 Å². The highest BCUT2D eigenvalue weighted by Crippen LogP contribution is 2.37. The average Bonchev–Trinajstić information content (AvgIpc) is 2.87. The summed E-state index contributed by atoms with van der Waals surface area (Å²) in [5.74, 6) is 0.705. The summed E-state index contributed by atoms with van der Waals surface area (Å²) in [6.45, 7) is 6.11. The van der Waals surface area contributed by atoms with E-state index in [-0.39, 0.29) is 0 Å². The van der Waals surface area contributed by atoms with E-state index in [0.29, 0.717) is 34.9 Å². The Hall–Kier alpha value is -3.32. The van der Waals surface area contributed by atoms with Gasteiger partial charge in [-0.2, -0.15) is 0 Å². The Bertz CT molecular complexity index is 1140. The number of pyridine rings is 1. The van der Waals surface area contributed by atoms with Crippen molar-refractivity contribution in [1.29, 1.82) is 0 Å². The van der Waals surface area contributed by atoms with E-state index in [1.807, 2.05) is 30.3 Å². The average molecular weight is 463 g/mol. The monoisotopic (exact) mass is 462 g/mol. The van der Waals surface area contributed by atoms with Gasteiger partial charge in [-0.15, -0.1) is 0 Å². The van der Waals surface area contributed by atoms with E-state index in [4.69, 9.17) is 15.2 Å². The number of fused-ring (bicyclic) bond motifs is 1. The van der Waals surface area contributed by atoms with Crippen LogP contribution in [0.1, 0.15) is 48.5 Å². The number of nitrogens with two attached hydrogens (primary N) is 1. The molecule has 7 nitrogen and oxygen atoms in total. The molecule has 34 heavy (non-hydrogen) atoms. The summed E-state index contributed by atoms with van der Waals surface area (Å²) in [7, 11) is 1.62. The van der Waals surface area contributed by atoms with Crippen molar-refractivity contribution in [2.24, 2.45) is 5.73 Å². The molecule has 0 radical (unpaired) electrons. The minimum Gasteiger partial charge on any atom is -0.493 e. The first-order chi connectivity index (χ1) is 16.6. The molecule has 0 unspecified atom stereocenters. The Labute approximate surface area is 201 Å². The lowest BCUT2D eigenvalue weighted by Crippen LogP contribution is -2.31. The van der Waals surface area contributed by atoms with Gasteiger partial charge in [0.25, 0.3) is 5.91 Å². The van der Waals surface area contributed by atoms with Crippen LogP contribution in [-0.2, 0) is 6.42 Å². The molecule has 2 aromatic carbocycles. The van der Waals surface area contributed by atoms with Gasteiger partial charge in [-0.3, -0.25) is 9.78 Å². The molecule has 1 saturated heterocycles. The molecule has 4 rings (SSSR count). The van der Waals surface area contributed by atoms with Gasteiger partial charge >= 0.3 is 0 Å². The molecule has 3 aromatic rings. The molecule has 0 aliphatic carbocycles. The lowest BCUT2D eigenvalue weighted by Gasteiger charge is -2.26. The number of anilines is 2. The van der Waals surface area contributed by atoms with Crippen LogP contribution < -0.4 is 20.5 Å². The van der Waals surface area contributed by atoms with Gasteiger partial charge in [-0.05, 0) is 56.5 Å². The van der Waals surface area contributed by atoms with Gasteiger partial charge in [0.1, 0.15) is 0 Å². The minimum absolute atomic E-state index is 0.329. The van der Waals surface area contributed by atoms with Gasteiger partial charge < -0.3 is 25.4 Å². The van der Waals surface area contributed by atoms with Crippen LogP contribution in [-0.4, -0.2) is 49.1 Å². The molecule has 0 spiro atoms. The normalized spacial score (nSPS) is 14.2. The molecule has 3 N–H and O–H groups in total. The van der Waals surface area contributed by atoms with Crippen molar-refractivity contribution in [2.45, 2.75) is 39.0 Å². The second kappa shape index (κ2) is 11.2. The number of primary amides is 1. The van der Waals surface area contributed by atoms with Gasteiger partial charge in [0.2, 0.25) is 0 Å². The Morgan fingerprint density at radius 2 is 1.94 bits per heavy atom. The molecule has 180 valence electrons. The Morgan fingerprint density at radius 3 is 2.68 bits per heavy atom. The van der Waals surface area contributed by atoms with E-state index in [1.165, 1.54) is 38.5 Å². The second-order valence-electron chi connectivity index (χ2n) is 8.67. The first-order valence-corrected chi connectivity index (χ1v) is 12.1.